The van der Waals surface area contributed by atoms with E-state index in [4.69, 9.17) is 0 Å². The Balaban J connectivity index is 1.91. The van der Waals surface area contributed by atoms with Gasteiger partial charge in [-0.1, -0.05) is 17.7 Å². The summed E-state index contributed by atoms with van der Waals surface area (Å²) in [6.07, 6.45) is 0. The third kappa shape index (κ3) is 2.10. The van der Waals surface area contributed by atoms with Crippen molar-refractivity contribution in [3.63, 3.8) is 0 Å². The van der Waals surface area contributed by atoms with Crippen molar-refractivity contribution < 1.29 is 8.42 Å². The Kier molecular flexibility index (Phi) is 3.15. The van der Waals surface area contributed by atoms with Crippen molar-refractivity contribution in [1.82, 2.24) is 9.62 Å². The fraction of sp³-hybridized carbons (Fsp3) is 0.571. The predicted molar refractivity (Wildman–Crippen MR) is 74.4 cm³/mol. The minimum absolute atomic E-state index is 0.0892. The third-order valence-corrected chi connectivity index (χ3v) is 6.47. The minimum atomic E-state index is -3.34. The summed E-state index contributed by atoms with van der Waals surface area (Å²) in [7, 11) is -3.34. The van der Waals surface area contributed by atoms with Crippen LogP contribution in [0.15, 0.2) is 29.2 Å². The lowest BCUT2D eigenvalue weighted by Crippen LogP contribution is -2.38. The van der Waals surface area contributed by atoms with E-state index in [1.165, 1.54) is 0 Å². The number of hydrogen-bond acceptors (Lipinski definition) is 3. The van der Waals surface area contributed by atoms with Gasteiger partial charge < -0.3 is 5.32 Å². The van der Waals surface area contributed by atoms with Crippen molar-refractivity contribution in [2.24, 2.45) is 11.8 Å². The summed E-state index contributed by atoms with van der Waals surface area (Å²) in [6, 6.07) is 7.23. The highest BCUT2D eigenvalue weighted by Crippen LogP contribution is 2.35. The predicted octanol–water partition coefficient (Wildman–Crippen LogP) is 1.22. The van der Waals surface area contributed by atoms with Gasteiger partial charge in [0.2, 0.25) is 10.0 Å². The van der Waals surface area contributed by atoms with Gasteiger partial charge in [0.25, 0.3) is 0 Å². The Bertz CT molecular complexity index is 568. The van der Waals surface area contributed by atoms with Crippen LogP contribution >= 0.6 is 0 Å². The largest absolute Gasteiger partial charge is 0.316 e. The first-order valence-electron chi connectivity index (χ1n) is 6.79. The lowest BCUT2D eigenvalue weighted by molar-refractivity contribution is 0.360. The second kappa shape index (κ2) is 4.58. The zero-order chi connectivity index (χ0) is 13.6. The summed E-state index contributed by atoms with van der Waals surface area (Å²) >= 11 is 0. The molecule has 0 radical (unpaired) electrons. The van der Waals surface area contributed by atoms with Crippen molar-refractivity contribution in [1.29, 1.82) is 0 Å². The van der Waals surface area contributed by atoms with Gasteiger partial charge in [0.1, 0.15) is 0 Å². The molecule has 3 unspecified atom stereocenters. The van der Waals surface area contributed by atoms with Gasteiger partial charge in [0, 0.05) is 12.6 Å². The molecule has 0 bridgehead atoms. The summed E-state index contributed by atoms with van der Waals surface area (Å²) in [5, 5.41) is 3.35. The van der Waals surface area contributed by atoms with Crippen molar-refractivity contribution in [3.05, 3.63) is 29.8 Å². The molecule has 4 nitrogen and oxygen atoms in total. The molecule has 0 spiro atoms. The quantitative estimate of drug-likeness (QED) is 0.886. The topological polar surface area (TPSA) is 49.4 Å². The highest BCUT2D eigenvalue weighted by molar-refractivity contribution is 7.89. The summed E-state index contributed by atoms with van der Waals surface area (Å²) in [4.78, 5) is 0.415. The number of benzene rings is 1. The Morgan fingerprint density at radius 2 is 1.89 bits per heavy atom. The van der Waals surface area contributed by atoms with E-state index in [0.29, 0.717) is 23.3 Å². The van der Waals surface area contributed by atoms with Gasteiger partial charge in [-0.15, -0.1) is 0 Å². The number of fused-ring (bicyclic) bond motifs is 1. The summed E-state index contributed by atoms with van der Waals surface area (Å²) in [5.41, 5.74) is 1.08. The van der Waals surface area contributed by atoms with Crippen LogP contribution in [0.5, 0.6) is 0 Å². The third-order valence-electron chi connectivity index (χ3n) is 4.51. The second-order valence-electron chi connectivity index (χ2n) is 5.71. The van der Waals surface area contributed by atoms with Crippen LogP contribution < -0.4 is 5.32 Å². The van der Waals surface area contributed by atoms with E-state index >= 15 is 0 Å². The van der Waals surface area contributed by atoms with Crippen LogP contribution in [0.4, 0.5) is 0 Å². The van der Waals surface area contributed by atoms with E-state index in [-0.39, 0.29) is 6.04 Å². The van der Waals surface area contributed by atoms with Crippen LogP contribution in [-0.4, -0.2) is 38.4 Å². The highest BCUT2D eigenvalue weighted by Gasteiger charge is 2.46. The van der Waals surface area contributed by atoms with E-state index in [1.807, 2.05) is 26.0 Å². The zero-order valence-corrected chi connectivity index (χ0v) is 12.2. The fourth-order valence-corrected chi connectivity index (χ4v) is 5.02. The summed E-state index contributed by atoms with van der Waals surface area (Å²) in [6.45, 7) is 6.52. The van der Waals surface area contributed by atoms with Gasteiger partial charge in [-0.25, -0.2) is 8.42 Å². The second-order valence-corrected chi connectivity index (χ2v) is 7.60. The van der Waals surface area contributed by atoms with E-state index < -0.39 is 10.0 Å². The lowest BCUT2D eigenvalue weighted by atomic mass is 9.95. The Morgan fingerprint density at radius 3 is 2.53 bits per heavy atom. The first-order valence-corrected chi connectivity index (χ1v) is 8.23. The molecule has 3 atom stereocenters. The molecule has 1 aromatic rings. The smallest absolute Gasteiger partial charge is 0.243 e. The molecule has 104 valence electrons. The van der Waals surface area contributed by atoms with Gasteiger partial charge in [0.15, 0.2) is 0 Å². The maximum atomic E-state index is 12.7. The van der Waals surface area contributed by atoms with Crippen LogP contribution in [0.2, 0.25) is 0 Å². The summed E-state index contributed by atoms with van der Waals surface area (Å²) in [5.74, 6) is 0.926. The van der Waals surface area contributed by atoms with Crippen LogP contribution in [0, 0.1) is 18.8 Å². The Morgan fingerprint density at radius 1 is 1.21 bits per heavy atom. The molecule has 19 heavy (non-hydrogen) atoms. The van der Waals surface area contributed by atoms with Crippen molar-refractivity contribution in [2.45, 2.75) is 24.8 Å². The molecule has 1 aromatic carbocycles. The maximum absolute atomic E-state index is 12.7. The lowest BCUT2D eigenvalue weighted by Gasteiger charge is -2.23. The van der Waals surface area contributed by atoms with Crippen molar-refractivity contribution in [3.8, 4) is 0 Å². The number of nitrogens with one attached hydrogen (secondary N) is 1. The standard InChI is InChI=1S/C14H20N2O2S/c1-10-3-5-13(6-4-10)19(17,18)16-9-12-7-15-8-14(12)11(16)2/h3-6,11-12,14-15H,7-9H2,1-2H3. The minimum Gasteiger partial charge on any atom is -0.316 e. The van der Waals surface area contributed by atoms with Crippen molar-refractivity contribution >= 4 is 10.0 Å². The van der Waals surface area contributed by atoms with Gasteiger partial charge in [0.05, 0.1) is 4.90 Å². The number of hydrogen-bond donors (Lipinski definition) is 1. The number of aryl methyl sites for hydroxylation is 1. The first kappa shape index (κ1) is 13.1. The molecule has 3 rings (SSSR count). The average molecular weight is 280 g/mol. The molecule has 0 saturated carbocycles. The average Bonchev–Trinajstić information content (AvgIpc) is 2.93. The molecule has 2 aliphatic heterocycles. The molecule has 2 fully saturated rings. The van der Waals surface area contributed by atoms with Crippen LogP contribution in [0.1, 0.15) is 12.5 Å². The molecule has 2 heterocycles. The first-order chi connectivity index (χ1) is 9.00. The SMILES string of the molecule is Cc1ccc(S(=O)(=O)N2CC3CNCC3C2C)cc1. The van der Waals surface area contributed by atoms with Crippen molar-refractivity contribution in [2.75, 3.05) is 19.6 Å². The molecule has 0 aliphatic carbocycles. The van der Waals surface area contributed by atoms with E-state index in [1.54, 1.807) is 16.4 Å². The van der Waals surface area contributed by atoms with E-state index in [2.05, 4.69) is 5.32 Å². The molecule has 2 aliphatic rings. The highest BCUT2D eigenvalue weighted by atomic mass is 32.2. The van der Waals surface area contributed by atoms with Gasteiger partial charge in [-0.3, -0.25) is 0 Å². The van der Waals surface area contributed by atoms with Crippen LogP contribution in [0.25, 0.3) is 0 Å². The molecule has 2 saturated heterocycles. The molecular weight excluding hydrogens is 260 g/mol. The molecule has 0 aromatic heterocycles. The van der Waals surface area contributed by atoms with Crippen LogP contribution in [0.3, 0.4) is 0 Å². The van der Waals surface area contributed by atoms with Gasteiger partial charge in [-0.2, -0.15) is 4.31 Å². The normalized spacial score (nSPS) is 31.6. The maximum Gasteiger partial charge on any atom is 0.243 e. The summed E-state index contributed by atoms with van der Waals surface area (Å²) < 4.78 is 27.1. The number of nitrogens with zero attached hydrogens (tertiary/aromatic N) is 1. The molecular formula is C14H20N2O2S. The Hall–Kier alpha value is -0.910. The molecule has 1 N–H and O–H groups in total. The molecule has 5 heteroatoms. The Labute approximate surface area is 114 Å². The van der Waals surface area contributed by atoms with E-state index in [9.17, 15) is 8.42 Å². The fourth-order valence-electron chi connectivity index (χ4n) is 3.29. The number of sulfonamides is 1. The molecule has 0 amide bonds. The van der Waals surface area contributed by atoms with Gasteiger partial charge >= 0.3 is 0 Å². The van der Waals surface area contributed by atoms with E-state index in [0.717, 1.165) is 18.7 Å². The zero-order valence-electron chi connectivity index (χ0n) is 11.3. The number of rotatable bonds is 2. The van der Waals surface area contributed by atoms with Crippen LogP contribution in [-0.2, 0) is 10.0 Å². The van der Waals surface area contributed by atoms with Gasteiger partial charge in [-0.05, 0) is 50.9 Å². The monoisotopic (exact) mass is 280 g/mol.